The highest BCUT2D eigenvalue weighted by atomic mass is 16.5. The molecule has 2 aromatic heterocycles. The fraction of sp³-hybridized carbons (Fsp3) is 0.300. The van der Waals surface area contributed by atoms with Crippen LogP contribution < -0.4 is 15.5 Å². The summed E-state index contributed by atoms with van der Waals surface area (Å²) in [5.41, 5.74) is 9.70. The zero-order valence-electron chi connectivity index (χ0n) is 15.5. The maximum Gasteiger partial charge on any atom is 0.225 e. The average Bonchev–Trinajstić information content (AvgIpc) is 3.19. The molecule has 1 aromatic carbocycles. The maximum absolute atomic E-state index is 5.84. The number of benzene rings is 1. The summed E-state index contributed by atoms with van der Waals surface area (Å²) in [5.74, 6) is 2.41. The van der Waals surface area contributed by atoms with Crippen molar-refractivity contribution in [1.29, 1.82) is 0 Å². The van der Waals surface area contributed by atoms with Crippen molar-refractivity contribution in [2.75, 3.05) is 41.8 Å². The van der Waals surface area contributed by atoms with Crippen molar-refractivity contribution < 1.29 is 4.74 Å². The van der Waals surface area contributed by atoms with E-state index in [-0.39, 0.29) is 0 Å². The fourth-order valence-corrected chi connectivity index (χ4v) is 3.63. The largest absolute Gasteiger partial charge is 0.399 e. The van der Waals surface area contributed by atoms with Crippen LogP contribution in [0.25, 0.3) is 11.4 Å². The molecule has 0 aliphatic carbocycles. The van der Waals surface area contributed by atoms with Gasteiger partial charge in [-0.05, 0) is 30.3 Å². The van der Waals surface area contributed by atoms with E-state index in [2.05, 4.69) is 19.8 Å². The van der Waals surface area contributed by atoms with E-state index >= 15 is 0 Å². The highest BCUT2D eigenvalue weighted by molar-refractivity contribution is 5.64. The highest BCUT2D eigenvalue weighted by Gasteiger charge is 2.29. The molecule has 8 nitrogen and oxygen atoms in total. The summed E-state index contributed by atoms with van der Waals surface area (Å²) in [6.07, 6.45) is 3.53. The fourth-order valence-electron chi connectivity index (χ4n) is 3.63. The van der Waals surface area contributed by atoms with E-state index in [1.165, 1.54) is 0 Å². The number of aromatic nitrogens is 4. The first-order valence-corrected chi connectivity index (χ1v) is 9.38. The van der Waals surface area contributed by atoms with Gasteiger partial charge in [0, 0.05) is 42.3 Å². The van der Waals surface area contributed by atoms with E-state index in [1.807, 2.05) is 30.3 Å². The number of ether oxygens (including phenoxy) is 1. The van der Waals surface area contributed by atoms with Crippen LogP contribution in [0.15, 0.2) is 42.7 Å². The lowest BCUT2D eigenvalue weighted by Gasteiger charge is -2.29. The van der Waals surface area contributed by atoms with Gasteiger partial charge < -0.3 is 20.3 Å². The Morgan fingerprint density at radius 1 is 0.893 bits per heavy atom. The first-order valence-electron chi connectivity index (χ1n) is 9.38. The first-order chi connectivity index (χ1) is 13.8. The predicted octanol–water partition coefficient (Wildman–Crippen LogP) is 1.87. The monoisotopic (exact) mass is 375 g/mol. The third kappa shape index (κ3) is 3.11. The Morgan fingerprint density at radius 3 is 2.39 bits per heavy atom. The Kier molecular flexibility index (Phi) is 4.25. The molecule has 2 N–H and O–H groups in total. The van der Waals surface area contributed by atoms with Gasteiger partial charge in [0.2, 0.25) is 5.95 Å². The summed E-state index contributed by atoms with van der Waals surface area (Å²) < 4.78 is 5.53. The molecule has 1 saturated heterocycles. The molecule has 0 radical (unpaired) electrons. The minimum Gasteiger partial charge on any atom is -0.399 e. The molecule has 4 heterocycles. The van der Waals surface area contributed by atoms with Gasteiger partial charge >= 0.3 is 0 Å². The van der Waals surface area contributed by atoms with Gasteiger partial charge in [0.25, 0.3) is 0 Å². The number of anilines is 3. The molecule has 2 aliphatic rings. The zero-order valence-corrected chi connectivity index (χ0v) is 15.5. The summed E-state index contributed by atoms with van der Waals surface area (Å²) in [6, 6.07) is 9.51. The highest BCUT2D eigenvalue weighted by Crippen LogP contribution is 2.33. The van der Waals surface area contributed by atoms with Crippen molar-refractivity contribution in [2.24, 2.45) is 0 Å². The second kappa shape index (κ2) is 7.05. The van der Waals surface area contributed by atoms with E-state index in [0.29, 0.717) is 32.3 Å². The molecule has 0 saturated carbocycles. The van der Waals surface area contributed by atoms with Crippen LogP contribution in [0.4, 0.5) is 17.5 Å². The summed E-state index contributed by atoms with van der Waals surface area (Å²) in [7, 11) is 0. The van der Waals surface area contributed by atoms with Crippen LogP contribution in [0.1, 0.15) is 11.3 Å². The number of hydrogen-bond donors (Lipinski definition) is 1. The van der Waals surface area contributed by atoms with Gasteiger partial charge in [0.15, 0.2) is 5.82 Å². The quantitative estimate of drug-likeness (QED) is 0.694. The van der Waals surface area contributed by atoms with Crippen molar-refractivity contribution in [1.82, 2.24) is 19.9 Å². The average molecular weight is 375 g/mol. The number of rotatable bonds is 3. The molecular formula is C20H21N7O. The molecule has 0 amide bonds. The lowest BCUT2D eigenvalue weighted by Crippen LogP contribution is -2.37. The lowest BCUT2D eigenvalue weighted by atomic mass is 10.1. The number of nitrogen functional groups attached to an aromatic ring is 1. The second-order valence-electron chi connectivity index (χ2n) is 6.92. The van der Waals surface area contributed by atoms with E-state index in [9.17, 15) is 0 Å². The molecule has 142 valence electrons. The Balaban J connectivity index is 1.57. The Morgan fingerprint density at radius 2 is 1.64 bits per heavy atom. The molecule has 0 bridgehead atoms. The van der Waals surface area contributed by atoms with Crippen LogP contribution >= 0.6 is 0 Å². The summed E-state index contributed by atoms with van der Waals surface area (Å²) in [4.78, 5) is 23.0. The van der Waals surface area contributed by atoms with Gasteiger partial charge in [-0.15, -0.1) is 0 Å². The normalized spacial score (nSPS) is 16.3. The number of fused-ring (bicyclic) bond motifs is 1. The SMILES string of the molecule is Nc1ccc(-c2nc3c(c(N4CCOCC4)n2)CN(c2ncccn2)C3)cc1. The van der Waals surface area contributed by atoms with E-state index in [4.69, 9.17) is 20.4 Å². The molecule has 2 aliphatic heterocycles. The molecule has 1 fully saturated rings. The van der Waals surface area contributed by atoms with Gasteiger partial charge in [0.1, 0.15) is 5.82 Å². The molecule has 8 heteroatoms. The van der Waals surface area contributed by atoms with Gasteiger partial charge in [-0.2, -0.15) is 0 Å². The summed E-state index contributed by atoms with van der Waals surface area (Å²) >= 11 is 0. The molecule has 5 rings (SSSR count). The third-order valence-corrected chi connectivity index (χ3v) is 5.08. The van der Waals surface area contributed by atoms with E-state index in [1.54, 1.807) is 12.4 Å². The Bertz CT molecular complexity index is 972. The molecule has 0 atom stereocenters. The van der Waals surface area contributed by atoms with E-state index < -0.39 is 0 Å². The minimum atomic E-state index is 0.668. The van der Waals surface area contributed by atoms with E-state index in [0.717, 1.165) is 47.2 Å². The first kappa shape index (κ1) is 16.9. The van der Waals surface area contributed by atoms with Gasteiger partial charge in [-0.3, -0.25) is 0 Å². The summed E-state index contributed by atoms with van der Waals surface area (Å²) in [6.45, 7) is 4.44. The van der Waals surface area contributed by atoms with Gasteiger partial charge in [-0.1, -0.05) is 0 Å². The maximum atomic E-state index is 5.84. The lowest BCUT2D eigenvalue weighted by molar-refractivity contribution is 0.122. The Labute approximate surface area is 163 Å². The van der Waals surface area contributed by atoms with Crippen LogP contribution in [0.5, 0.6) is 0 Å². The zero-order chi connectivity index (χ0) is 18.9. The molecule has 0 unspecified atom stereocenters. The van der Waals surface area contributed by atoms with Crippen LogP contribution in [-0.4, -0.2) is 46.2 Å². The number of nitrogens with zero attached hydrogens (tertiary/aromatic N) is 6. The topological polar surface area (TPSA) is 93.3 Å². The van der Waals surface area contributed by atoms with Crippen molar-refractivity contribution in [3.8, 4) is 11.4 Å². The predicted molar refractivity (Wildman–Crippen MR) is 107 cm³/mol. The van der Waals surface area contributed by atoms with Crippen LogP contribution in [-0.2, 0) is 17.8 Å². The second-order valence-corrected chi connectivity index (χ2v) is 6.92. The van der Waals surface area contributed by atoms with Crippen LogP contribution in [0.2, 0.25) is 0 Å². The van der Waals surface area contributed by atoms with Gasteiger partial charge in [-0.25, -0.2) is 19.9 Å². The number of nitrogens with two attached hydrogens (primary N) is 1. The molecule has 0 spiro atoms. The standard InChI is InChI=1S/C20H21N7O/c21-15-4-2-14(3-5-15)18-24-17-13-27(20-22-6-1-7-23-20)12-16(17)19(25-18)26-8-10-28-11-9-26/h1-7H,8-13,21H2. The smallest absolute Gasteiger partial charge is 0.225 e. The molecule has 28 heavy (non-hydrogen) atoms. The molecular weight excluding hydrogens is 354 g/mol. The molecule has 3 aromatic rings. The van der Waals surface area contributed by atoms with Crippen molar-refractivity contribution >= 4 is 17.5 Å². The van der Waals surface area contributed by atoms with Crippen molar-refractivity contribution in [2.45, 2.75) is 13.1 Å². The number of morpholine rings is 1. The third-order valence-electron chi connectivity index (χ3n) is 5.08. The Hall–Kier alpha value is -3.26. The van der Waals surface area contributed by atoms with Crippen LogP contribution in [0, 0.1) is 0 Å². The van der Waals surface area contributed by atoms with Crippen molar-refractivity contribution in [3.05, 3.63) is 54.0 Å². The summed E-state index contributed by atoms with van der Waals surface area (Å²) in [5, 5.41) is 0. The van der Waals surface area contributed by atoms with Crippen molar-refractivity contribution in [3.63, 3.8) is 0 Å². The minimum absolute atomic E-state index is 0.668. The van der Waals surface area contributed by atoms with Gasteiger partial charge in [0.05, 0.1) is 32.0 Å². The van der Waals surface area contributed by atoms with Crippen LogP contribution in [0.3, 0.4) is 0 Å². The number of hydrogen-bond acceptors (Lipinski definition) is 8.